The van der Waals surface area contributed by atoms with Crippen LogP contribution in [0.15, 0.2) is 42.5 Å². The molecular weight excluding hydrogens is 272 g/mol. The summed E-state index contributed by atoms with van der Waals surface area (Å²) in [6.45, 7) is 1.59. The maximum atomic E-state index is 12.6. The van der Waals surface area contributed by atoms with E-state index >= 15 is 0 Å². The maximum absolute atomic E-state index is 12.6. The first kappa shape index (κ1) is 12.9. The molecule has 3 aromatic rings. The fourth-order valence-corrected chi connectivity index (χ4v) is 2.21. The predicted octanol–water partition coefficient (Wildman–Crippen LogP) is 2.34. The number of rotatable bonds is 2. The standard InChI is InChI=1S/C14H10N4O3/c1-9-5-4-6-10(13(9)18(20)21)14(19)17-12-8-3-2-7-11(12)15-16-17/h2-8H,1H3. The van der Waals surface area contributed by atoms with E-state index in [0.717, 1.165) is 4.68 Å². The normalized spacial score (nSPS) is 10.7. The number of carbonyl (C=O) groups is 1. The summed E-state index contributed by atoms with van der Waals surface area (Å²) < 4.78 is 1.08. The first-order valence-electron chi connectivity index (χ1n) is 6.19. The second kappa shape index (κ2) is 4.78. The molecule has 0 bridgehead atoms. The zero-order chi connectivity index (χ0) is 15.0. The van der Waals surface area contributed by atoms with Gasteiger partial charge in [-0.15, -0.1) is 5.10 Å². The number of hydrogen-bond acceptors (Lipinski definition) is 5. The Balaban J connectivity index is 2.20. The fraction of sp³-hybridized carbons (Fsp3) is 0.0714. The number of nitro benzene ring substituents is 1. The van der Waals surface area contributed by atoms with E-state index in [9.17, 15) is 14.9 Å². The zero-order valence-electron chi connectivity index (χ0n) is 11.1. The van der Waals surface area contributed by atoms with Gasteiger partial charge in [0.05, 0.1) is 10.4 Å². The van der Waals surface area contributed by atoms with Crippen LogP contribution in [0, 0.1) is 17.0 Å². The van der Waals surface area contributed by atoms with Crippen LogP contribution in [0.1, 0.15) is 15.9 Å². The lowest BCUT2D eigenvalue weighted by Crippen LogP contribution is -2.16. The highest BCUT2D eigenvalue weighted by atomic mass is 16.6. The zero-order valence-corrected chi connectivity index (χ0v) is 11.1. The lowest BCUT2D eigenvalue weighted by Gasteiger charge is -2.04. The van der Waals surface area contributed by atoms with Gasteiger partial charge in [-0.3, -0.25) is 14.9 Å². The Hall–Kier alpha value is -3.09. The minimum absolute atomic E-state index is 0.00402. The van der Waals surface area contributed by atoms with E-state index in [1.807, 2.05) is 0 Å². The average molecular weight is 282 g/mol. The van der Waals surface area contributed by atoms with Crippen molar-refractivity contribution >= 4 is 22.6 Å². The number of para-hydroxylation sites is 2. The summed E-state index contributed by atoms with van der Waals surface area (Å²) in [6.07, 6.45) is 0. The predicted molar refractivity (Wildman–Crippen MR) is 75.1 cm³/mol. The maximum Gasteiger partial charge on any atom is 0.287 e. The van der Waals surface area contributed by atoms with Crippen molar-refractivity contribution in [3.63, 3.8) is 0 Å². The monoisotopic (exact) mass is 282 g/mol. The third-order valence-corrected chi connectivity index (χ3v) is 3.19. The van der Waals surface area contributed by atoms with Gasteiger partial charge in [0, 0.05) is 5.56 Å². The molecule has 0 saturated carbocycles. The number of aromatic nitrogens is 3. The first-order chi connectivity index (χ1) is 10.1. The van der Waals surface area contributed by atoms with Crippen molar-refractivity contribution in [1.29, 1.82) is 0 Å². The summed E-state index contributed by atoms with van der Waals surface area (Å²) in [4.78, 5) is 23.2. The highest BCUT2D eigenvalue weighted by Gasteiger charge is 2.25. The Kier molecular flexibility index (Phi) is 2.94. The lowest BCUT2D eigenvalue weighted by molar-refractivity contribution is -0.385. The van der Waals surface area contributed by atoms with Gasteiger partial charge in [0.2, 0.25) is 0 Å². The first-order valence-corrected chi connectivity index (χ1v) is 6.19. The van der Waals surface area contributed by atoms with E-state index in [4.69, 9.17) is 0 Å². The molecule has 0 saturated heterocycles. The highest BCUT2D eigenvalue weighted by molar-refractivity contribution is 6.03. The molecule has 0 unspecified atom stereocenters. The van der Waals surface area contributed by atoms with Crippen molar-refractivity contribution in [1.82, 2.24) is 15.0 Å². The highest BCUT2D eigenvalue weighted by Crippen LogP contribution is 2.24. The average Bonchev–Trinajstić information content (AvgIpc) is 2.89. The van der Waals surface area contributed by atoms with Crippen LogP contribution >= 0.6 is 0 Å². The molecule has 2 aromatic carbocycles. The second-order valence-electron chi connectivity index (χ2n) is 4.52. The summed E-state index contributed by atoms with van der Waals surface area (Å²) >= 11 is 0. The van der Waals surface area contributed by atoms with E-state index in [-0.39, 0.29) is 11.3 Å². The van der Waals surface area contributed by atoms with Crippen molar-refractivity contribution in [2.24, 2.45) is 0 Å². The van der Waals surface area contributed by atoms with Crippen LogP contribution in [0.25, 0.3) is 11.0 Å². The van der Waals surface area contributed by atoms with Gasteiger partial charge in [0.15, 0.2) is 0 Å². The van der Waals surface area contributed by atoms with E-state index in [0.29, 0.717) is 16.6 Å². The summed E-state index contributed by atoms with van der Waals surface area (Å²) in [5.74, 6) is -0.570. The van der Waals surface area contributed by atoms with Crippen LogP contribution in [-0.2, 0) is 0 Å². The van der Waals surface area contributed by atoms with E-state index in [1.165, 1.54) is 6.07 Å². The van der Waals surface area contributed by atoms with Gasteiger partial charge in [-0.05, 0) is 25.1 Å². The Morgan fingerprint density at radius 3 is 2.71 bits per heavy atom. The van der Waals surface area contributed by atoms with Crippen LogP contribution in [0.5, 0.6) is 0 Å². The minimum atomic E-state index is -0.570. The number of aryl methyl sites for hydroxylation is 1. The number of nitro groups is 1. The van der Waals surface area contributed by atoms with Gasteiger partial charge in [-0.1, -0.05) is 29.5 Å². The van der Waals surface area contributed by atoms with Gasteiger partial charge in [-0.25, -0.2) is 0 Å². The molecule has 0 spiro atoms. The Morgan fingerprint density at radius 2 is 1.95 bits per heavy atom. The molecule has 21 heavy (non-hydrogen) atoms. The molecule has 0 aliphatic heterocycles. The van der Waals surface area contributed by atoms with Crippen LogP contribution in [0.2, 0.25) is 0 Å². The molecule has 0 N–H and O–H groups in total. The molecule has 1 heterocycles. The van der Waals surface area contributed by atoms with Crippen molar-refractivity contribution in [3.05, 3.63) is 63.7 Å². The SMILES string of the molecule is Cc1cccc(C(=O)n2nnc3ccccc32)c1[N+](=O)[O-]. The van der Waals surface area contributed by atoms with Gasteiger partial charge in [0.25, 0.3) is 11.6 Å². The molecular formula is C14H10N4O3. The second-order valence-corrected chi connectivity index (χ2v) is 4.52. The molecule has 0 aliphatic rings. The molecule has 7 heteroatoms. The van der Waals surface area contributed by atoms with E-state index in [2.05, 4.69) is 10.3 Å². The summed E-state index contributed by atoms with van der Waals surface area (Å²) in [6, 6.07) is 11.6. The van der Waals surface area contributed by atoms with E-state index < -0.39 is 10.8 Å². The van der Waals surface area contributed by atoms with Crippen molar-refractivity contribution in [3.8, 4) is 0 Å². The molecule has 0 amide bonds. The number of fused-ring (bicyclic) bond motifs is 1. The molecule has 0 atom stereocenters. The minimum Gasteiger partial charge on any atom is -0.266 e. The molecule has 0 radical (unpaired) electrons. The van der Waals surface area contributed by atoms with Crippen LogP contribution < -0.4 is 0 Å². The summed E-state index contributed by atoms with van der Waals surface area (Å²) in [5, 5.41) is 18.9. The van der Waals surface area contributed by atoms with Gasteiger partial charge >= 0.3 is 0 Å². The molecule has 1 aromatic heterocycles. The van der Waals surface area contributed by atoms with Crippen LogP contribution in [0.3, 0.4) is 0 Å². The molecule has 0 fully saturated rings. The van der Waals surface area contributed by atoms with Crippen LogP contribution in [0.4, 0.5) is 5.69 Å². The molecule has 7 nitrogen and oxygen atoms in total. The van der Waals surface area contributed by atoms with E-state index in [1.54, 1.807) is 43.3 Å². The van der Waals surface area contributed by atoms with Crippen molar-refractivity contribution < 1.29 is 9.72 Å². The fourth-order valence-electron chi connectivity index (χ4n) is 2.21. The third kappa shape index (κ3) is 2.04. The summed E-state index contributed by atoms with van der Waals surface area (Å²) in [7, 11) is 0. The van der Waals surface area contributed by atoms with Gasteiger partial charge in [0.1, 0.15) is 11.1 Å². The largest absolute Gasteiger partial charge is 0.287 e. The Bertz CT molecular complexity index is 870. The molecule has 104 valence electrons. The lowest BCUT2D eigenvalue weighted by atomic mass is 10.1. The summed E-state index contributed by atoms with van der Waals surface area (Å²) in [5.41, 5.74) is 1.28. The van der Waals surface area contributed by atoms with Gasteiger partial charge < -0.3 is 0 Å². The van der Waals surface area contributed by atoms with Crippen molar-refractivity contribution in [2.45, 2.75) is 6.92 Å². The topological polar surface area (TPSA) is 90.9 Å². The quantitative estimate of drug-likeness (QED) is 0.531. The number of carbonyl (C=O) groups excluding carboxylic acids is 1. The molecule has 3 rings (SSSR count). The Morgan fingerprint density at radius 1 is 1.19 bits per heavy atom. The Labute approximate surface area is 119 Å². The smallest absolute Gasteiger partial charge is 0.266 e. The van der Waals surface area contributed by atoms with Crippen molar-refractivity contribution in [2.75, 3.05) is 0 Å². The third-order valence-electron chi connectivity index (χ3n) is 3.19. The number of hydrogen-bond donors (Lipinski definition) is 0. The van der Waals surface area contributed by atoms with Crippen LogP contribution in [-0.4, -0.2) is 25.8 Å². The molecule has 0 aliphatic carbocycles. The van der Waals surface area contributed by atoms with Gasteiger partial charge in [-0.2, -0.15) is 4.68 Å². The number of benzene rings is 2. The number of nitrogens with zero attached hydrogens (tertiary/aromatic N) is 4.